The van der Waals surface area contributed by atoms with Gasteiger partial charge in [-0.15, -0.1) is 11.8 Å². The third-order valence-electron chi connectivity index (χ3n) is 2.50. The number of nitrogen functional groups attached to an aromatic ring is 1. The van der Waals surface area contributed by atoms with Gasteiger partial charge in [0, 0.05) is 10.6 Å². The molecule has 4 nitrogen and oxygen atoms in total. The van der Waals surface area contributed by atoms with Gasteiger partial charge >= 0.3 is 5.97 Å². The maximum Gasteiger partial charge on any atom is 0.340 e. The number of thioether (sulfide) groups is 1. The molecule has 0 radical (unpaired) electrons. The molecule has 6 heteroatoms. The lowest BCUT2D eigenvalue weighted by Gasteiger charge is -2.25. The predicted molar refractivity (Wildman–Crippen MR) is 67.2 cm³/mol. The number of anilines is 1. The van der Waals surface area contributed by atoms with Gasteiger partial charge in [-0.25, -0.2) is 9.18 Å². The number of carbonyl (C=O) groups is 1. The summed E-state index contributed by atoms with van der Waals surface area (Å²) < 4.78 is 23.6. The highest BCUT2D eigenvalue weighted by atomic mass is 32.2. The van der Waals surface area contributed by atoms with Crippen molar-refractivity contribution in [2.45, 2.75) is 17.1 Å². The van der Waals surface area contributed by atoms with E-state index >= 15 is 0 Å². The van der Waals surface area contributed by atoms with Crippen molar-refractivity contribution < 1.29 is 18.7 Å². The van der Waals surface area contributed by atoms with E-state index in [1.807, 2.05) is 0 Å². The quantitative estimate of drug-likeness (QED) is 0.671. The molecule has 0 unspecified atom stereocenters. The molecular formula is C12H14FNO3S. The number of esters is 1. The highest BCUT2D eigenvalue weighted by Crippen LogP contribution is 2.32. The largest absolute Gasteiger partial charge is 0.462 e. The number of hydrogen-bond donors (Lipinski definition) is 1. The summed E-state index contributed by atoms with van der Waals surface area (Å²) in [5, 5.41) is 0.234. The van der Waals surface area contributed by atoms with Crippen molar-refractivity contribution in [3.63, 3.8) is 0 Å². The molecular weight excluding hydrogens is 257 g/mol. The average molecular weight is 271 g/mol. The Bertz CT molecular complexity index is 463. The molecule has 1 aliphatic heterocycles. The second kappa shape index (κ2) is 5.58. The molecule has 0 atom stereocenters. The second-order valence-electron chi connectivity index (χ2n) is 3.87. The molecule has 98 valence electrons. The normalized spacial score (nSPS) is 15.2. The SMILES string of the molecule is CCOC(=O)c1cc(SC2COC2)c(F)cc1N. The van der Waals surface area contributed by atoms with Crippen LogP contribution in [0.4, 0.5) is 10.1 Å². The van der Waals surface area contributed by atoms with Crippen molar-refractivity contribution in [3.8, 4) is 0 Å². The van der Waals surface area contributed by atoms with Crippen LogP contribution < -0.4 is 5.73 Å². The lowest BCUT2D eigenvalue weighted by atomic mass is 10.2. The van der Waals surface area contributed by atoms with E-state index in [4.69, 9.17) is 15.2 Å². The monoisotopic (exact) mass is 271 g/mol. The van der Waals surface area contributed by atoms with Crippen molar-refractivity contribution in [1.29, 1.82) is 0 Å². The van der Waals surface area contributed by atoms with Gasteiger partial charge in [0.1, 0.15) is 5.82 Å². The summed E-state index contributed by atoms with van der Waals surface area (Å²) in [5.41, 5.74) is 5.93. The topological polar surface area (TPSA) is 61.5 Å². The van der Waals surface area contributed by atoms with Crippen molar-refractivity contribution in [1.82, 2.24) is 0 Å². The molecule has 0 amide bonds. The van der Waals surface area contributed by atoms with Crippen LogP contribution in [0, 0.1) is 5.82 Å². The van der Waals surface area contributed by atoms with Crippen LogP contribution >= 0.6 is 11.8 Å². The Hall–Kier alpha value is -1.27. The summed E-state index contributed by atoms with van der Waals surface area (Å²) in [6.45, 7) is 3.17. The van der Waals surface area contributed by atoms with Gasteiger partial charge in [-0.2, -0.15) is 0 Å². The number of ether oxygens (including phenoxy) is 2. The van der Waals surface area contributed by atoms with E-state index < -0.39 is 11.8 Å². The lowest BCUT2D eigenvalue weighted by Crippen LogP contribution is -2.30. The lowest BCUT2D eigenvalue weighted by molar-refractivity contribution is 0.0455. The standard InChI is InChI=1S/C12H14FNO3S/c1-2-17-12(15)8-3-11(9(13)4-10(8)14)18-7-5-16-6-7/h3-4,7H,2,5-6,14H2,1H3. The number of halogens is 1. The molecule has 2 rings (SSSR count). The summed E-state index contributed by atoms with van der Waals surface area (Å²) >= 11 is 1.35. The molecule has 1 aromatic carbocycles. The van der Waals surface area contributed by atoms with Gasteiger partial charge in [-0.05, 0) is 19.1 Å². The molecule has 0 aromatic heterocycles. The van der Waals surface area contributed by atoms with Crippen LogP contribution in [0.25, 0.3) is 0 Å². The Labute approximate surface area is 109 Å². The molecule has 18 heavy (non-hydrogen) atoms. The van der Waals surface area contributed by atoms with Crippen molar-refractivity contribution >= 4 is 23.4 Å². The molecule has 1 saturated heterocycles. The predicted octanol–water partition coefficient (Wildman–Crippen LogP) is 2.08. The van der Waals surface area contributed by atoms with Crippen LogP contribution in [0.5, 0.6) is 0 Å². The Morgan fingerprint density at radius 2 is 2.33 bits per heavy atom. The Kier molecular flexibility index (Phi) is 4.08. The third kappa shape index (κ3) is 2.76. The Morgan fingerprint density at radius 1 is 1.61 bits per heavy atom. The summed E-state index contributed by atoms with van der Waals surface area (Å²) in [6, 6.07) is 2.61. The van der Waals surface area contributed by atoms with Crippen LogP contribution in [-0.4, -0.2) is 31.0 Å². The van der Waals surface area contributed by atoms with Gasteiger partial charge < -0.3 is 15.2 Å². The zero-order chi connectivity index (χ0) is 13.1. The maximum atomic E-state index is 13.7. The minimum atomic E-state index is -0.526. The van der Waals surface area contributed by atoms with Gasteiger partial charge in [0.2, 0.25) is 0 Å². The molecule has 1 heterocycles. The van der Waals surface area contributed by atoms with E-state index in [-0.39, 0.29) is 23.1 Å². The zero-order valence-corrected chi connectivity index (χ0v) is 10.8. The summed E-state index contributed by atoms with van der Waals surface area (Å²) in [6.07, 6.45) is 0. The smallest absolute Gasteiger partial charge is 0.340 e. The van der Waals surface area contributed by atoms with E-state index in [1.54, 1.807) is 6.92 Å². The van der Waals surface area contributed by atoms with Crippen LogP contribution in [0.1, 0.15) is 17.3 Å². The molecule has 1 fully saturated rings. The van der Waals surface area contributed by atoms with Gasteiger partial charge in [0.15, 0.2) is 0 Å². The molecule has 0 spiro atoms. The minimum absolute atomic E-state index is 0.0974. The highest BCUT2D eigenvalue weighted by Gasteiger charge is 2.23. The van der Waals surface area contributed by atoms with Crippen LogP contribution in [0.3, 0.4) is 0 Å². The second-order valence-corrected chi connectivity index (χ2v) is 5.21. The summed E-state index contributed by atoms with van der Waals surface area (Å²) in [4.78, 5) is 12.0. The fourth-order valence-electron chi connectivity index (χ4n) is 1.51. The zero-order valence-electron chi connectivity index (χ0n) is 9.94. The first-order valence-corrected chi connectivity index (χ1v) is 6.50. The van der Waals surface area contributed by atoms with Crippen LogP contribution in [-0.2, 0) is 9.47 Å². The Morgan fingerprint density at radius 3 is 2.89 bits per heavy atom. The van der Waals surface area contributed by atoms with Crippen LogP contribution in [0.15, 0.2) is 17.0 Å². The molecule has 0 aliphatic carbocycles. The first kappa shape index (κ1) is 13.2. The number of rotatable bonds is 4. The van der Waals surface area contributed by atoms with E-state index in [1.165, 1.54) is 17.8 Å². The molecule has 0 bridgehead atoms. The molecule has 1 aromatic rings. The van der Waals surface area contributed by atoms with Crippen molar-refractivity contribution in [3.05, 3.63) is 23.5 Å². The summed E-state index contributed by atoms with van der Waals surface area (Å²) in [7, 11) is 0. The number of hydrogen-bond acceptors (Lipinski definition) is 5. The third-order valence-corrected chi connectivity index (χ3v) is 3.67. The van der Waals surface area contributed by atoms with E-state index in [2.05, 4.69) is 0 Å². The van der Waals surface area contributed by atoms with Gasteiger partial charge in [0.25, 0.3) is 0 Å². The highest BCUT2D eigenvalue weighted by molar-refractivity contribution is 8.00. The van der Waals surface area contributed by atoms with Gasteiger partial charge in [0.05, 0.1) is 30.6 Å². The minimum Gasteiger partial charge on any atom is -0.462 e. The first-order valence-electron chi connectivity index (χ1n) is 5.62. The van der Waals surface area contributed by atoms with Gasteiger partial charge in [-0.3, -0.25) is 0 Å². The first-order chi connectivity index (χ1) is 8.61. The van der Waals surface area contributed by atoms with Crippen molar-refractivity contribution in [2.75, 3.05) is 25.6 Å². The number of nitrogens with two attached hydrogens (primary N) is 1. The fourth-order valence-corrected chi connectivity index (χ4v) is 2.55. The number of carbonyl (C=O) groups excluding carboxylic acids is 1. The molecule has 2 N–H and O–H groups in total. The summed E-state index contributed by atoms with van der Waals surface area (Å²) in [5.74, 6) is -0.945. The fraction of sp³-hybridized carbons (Fsp3) is 0.417. The molecule has 0 saturated carbocycles. The maximum absolute atomic E-state index is 13.7. The Balaban J connectivity index is 2.23. The molecule has 1 aliphatic rings. The number of benzene rings is 1. The van der Waals surface area contributed by atoms with Gasteiger partial charge in [-0.1, -0.05) is 0 Å². The average Bonchev–Trinajstić information content (AvgIpc) is 2.25. The van der Waals surface area contributed by atoms with E-state index in [0.29, 0.717) is 18.1 Å². The van der Waals surface area contributed by atoms with Crippen LogP contribution in [0.2, 0.25) is 0 Å². The van der Waals surface area contributed by atoms with Crippen molar-refractivity contribution in [2.24, 2.45) is 0 Å². The van der Waals surface area contributed by atoms with E-state index in [0.717, 1.165) is 6.07 Å². The van der Waals surface area contributed by atoms with E-state index in [9.17, 15) is 9.18 Å².